The van der Waals surface area contributed by atoms with Gasteiger partial charge in [-0.05, 0) is 51.3 Å². The zero-order chi connectivity index (χ0) is 13.8. The van der Waals surface area contributed by atoms with Crippen molar-refractivity contribution in [2.24, 2.45) is 5.92 Å². The number of hydrogen-bond donors (Lipinski definition) is 2. The van der Waals surface area contributed by atoms with E-state index in [0.717, 1.165) is 19.4 Å². The first-order valence-corrected chi connectivity index (χ1v) is 7.17. The minimum atomic E-state index is 0.0823. The molecule has 19 heavy (non-hydrogen) atoms. The lowest BCUT2D eigenvalue weighted by molar-refractivity contribution is -0.126. The van der Waals surface area contributed by atoms with Crippen LogP contribution in [0, 0.1) is 12.8 Å². The van der Waals surface area contributed by atoms with E-state index in [4.69, 9.17) is 0 Å². The van der Waals surface area contributed by atoms with Crippen molar-refractivity contribution in [2.75, 3.05) is 6.54 Å². The molecule has 3 nitrogen and oxygen atoms in total. The summed E-state index contributed by atoms with van der Waals surface area (Å²) < 4.78 is 0. The highest BCUT2D eigenvalue weighted by atomic mass is 16.1. The van der Waals surface area contributed by atoms with Gasteiger partial charge < -0.3 is 10.6 Å². The largest absolute Gasteiger partial charge is 0.349 e. The third kappa shape index (κ3) is 3.57. The van der Waals surface area contributed by atoms with E-state index >= 15 is 0 Å². The lowest BCUT2D eigenvalue weighted by Gasteiger charge is -2.28. The van der Waals surface area contributed by atoms with E-state index in [-0.39, 0.29) is 17.9 Å². The molecule has 0 spiro atoms. The van der Waals surface area contributed by atoms with Crippen molar-refractivity contribution in [3.63, 3.8) is 0 Å². The normalized spacial score (nSPS) is 24.8. The highest BCUT2D eigenvalue weighted by Gasteiger charge is 2.25. The van der Waals surface area contributed by atoms with Gasteiger partial charge in [-0.1, -0.05) is 24.3 Å². The lowest BCUT2D eigenvalue weighted by atomic mass is 9.92. The summed E-state index contributed by atoms with van der Waals surface area (Å²) in [6.45, 7) is 7.23. The fourth-order valence-electron chi connectivity index (χ4n) is 2.85. The Morgan fingerprint density at radius 1 is 1.42 bits per heavy atom. The van der Waals surface area contributed by atoms with E-state index in [2.05, 4.69) is 43.5 Å². The first-order chi connectivity index (χ1) is 9.08. The van der Waals surface area contributed by atoms with Crippen LogP contribution in [0.4, 0.5) is 0 Å². The van der Waals surface area contributed by atoms with Crippen LogP contribution in [0.15, 0.2) is 24.3 Å². The maximum absolute atomic E-state index is 12.3. The van der Waals surface area contributed by atoms with Crippen molar-refractivity contribution in [1.82, 2.24) is 10.6 Å². The molecule has 1 aliphatic rings. The molecule has 2 rings (SSSR count). The highest BCUT2D eigenvalue weighted by Crippen LogP contribution is 2.20. The molecular weight excluding hydrogens is 236 g/mol. The van der Waals surface area contributed by atoms with Gasteiger partial charge in [-0.15, -0.1) is 0 Å². The molecule has 2 N–H and O–H groups in total. The van der Waals surface area contributed by atoms with Crippen molar-refractivity contribution < 1.29 is 4.79 Å². The second kappa shape index (κ2) is 6.20. The van der Waals surface area contributed by atoms with Crippen LogP contribution in [-0.2, 0) is 4.79 Å². The summed E-state index contributed by atoms with van der Waals surface area (Å²) in [5.74, 6) is 0.354. The Morgan fingerprint density at radius 2 is 2.16 bits per heavy atom. The predicted molar refractivity (Wildman–Crippen MR) is 77.9 cm³/mol. The smallest absolute Gasteiger partial charge is 0.223 e. The van der Waals surface area contributed by atoms with Crippen LogP contribution in [-0.4, -0.2) is 18.5 Å². The second-order valence-corrected chi connectivity index (χ2v) is 5.66. The quantitative estimate of drug-likeness (QED) is 0.877. The van der Waals surface area contributed by atoms with Gasteiger partial charge in [-0.25, -0.2) is 0 Å². The Hall–Kier alpha value is -1.35. The van der Waals surface area contributed by atoms with E-state index in [1.165, 1.54) is 11.1 Å². The molecule has 0 aliphatic carbocycles. The third-order valence-corrected chi connectivity index (χ3v) is 4.01. The van der Waals surface area contributed by atoms with Crippen molar-refractivity contribution in [1.29, 1.82) is 0 Å². The Bertz CT molecular complexity index is 444. The molecular formula is C16H24N2O. The van der Waals surface area contributed by atoms with Gasteiger partial charge in [0.05, 0.1) is 6.04 Å². The van der Waals surface area contributed by atoms with E-state index in [1.54, 1.807) is 0 Å². The molecule has 0 saturated carbocycles. The number of carbonyl (C=O) groups is 1. The van der Waals surface area contributed by atoms with Crippen LogP contribution >= 0.6 is 0 Å². The molecule has 1 heterocycles. The Labute approximate surface area is 115 Å². The number of nitrogens with one attached hydrogen (secondary N) is 2. The van der Waals surface area contributed by atoms with Crippen molar-refractivity contribution in [2.45, 2.75) is 45.7 Å². The molecule has 1 aliphatic heterocycles. The van der Waals surface area contributed by atoms with Crippen LogP contribution in [0.2, 0.25) is 0 Å². The maximum Gasteiger partial charge on any atom is 0.223 e. The molecule has 3 atom stereocenters. The van der Waals surface area contributed by atoms with E-state index in [1.807, 2.05) is 12.1 Å². The molecule has 104 valence electrons. The zero-order valence-electron chi connectivity index (χ0n) is 12.1. The van der Waals surface area contributed by atoms with Gasteiger partial charge in [0.15, 0.2) is 0 Å². The van der Waals surface area contributed by atoms with E-state index < -0.39 is 0 Å². The summed E-state index contributed by atoms with van der Waals surface area (Å²) in [6, 6.07) is 8.76. The molecule has 1 unspecified atom stereocenters. The average molecular weight is 260 g/mol. The van der Waals surface area contributed by atoms with E-state index in [0.29, 0.717) is 6.04 Å². The monoisotopic (exact) mass is 260 g/mol. The summed E-state index contributed by atoms with van der Waals surface area (Å²) in [7, 11) is 0. The topological polar surface area (TPSA) is 41.1 Å². The molecule has 0 radical (unpaired) electrons. The van der Waals surface area contributed by atoms with Crippen LogP contribution in [0.3, 0.4) is 0 Å². The van der Waals surface area contributed by atoms with Crippen LogP contribution in [0.25, 0.3) is 0 Å². The molecule has 1 aromatic rings. The molecule has 1 aromatic carbocycles. The van der Waals surface area contributed by atoms with Gasteiger partial charge in [0, 0.05) is 12.0 Å². The molecule has 0 bridgehead atoms. The fraction of sp³-hybridized carbons (Fsp3) is 0.562. The number of rotatable bonds is 3. The molecule has 3 heteroatoms. The van der Waals surface area contributed by atoms with Crippen LogP contribution in [0.1, 0.15) is 43.9 Å². The molecule has 1 saturated heterocycles. The highest BCUT2D eigenvalue weighted by molar-refractivity contribution is 5.79. The number of benzene rings is 1. The maximum atomic E-state index is 12.3. The summed E-state index contributed by atoms with van der Waals surface area (Å²) in [5, 5.41) is 6.54. The Balaban J connectivity index is 1.97. The van der Waals surface area contributed by atoms with Gasteiger partial charge in [-0.3, -0.25) is 4.79 Å². The first kappa shape index (κ1) is 14.1. The third-order valence-electron chi connectivity index (χ3n) is 4.01. The van der Waals surface area contributed by atoms with Gasteiger partial charge in [0.2, 0.25) is 5.91 Å². The minimum Gasteiger partial charge on any atom is -0.349 e. The van der Waals surface area contributed by atoms with Crippen molar-refractivity contribution in [3.05, 3.63) is 35.4 Å². The summed E-state index contributed by atoms with van der Waals surface area (Å²) in [5.41, 5.74) is 2.44. The molecule has 1 amide bonds. The number of hydrogen-bond acceptors (Lipinski definition) is 2. The van der Waals surface area contributed by atoms with Crippen LogP contribution < -0.4 is 10.6 Å². The summed E-state index contributed by atoms with van der Waals surface area (Å²) in [4.78, 5) is 12.3. The van der Waals surface area contributed by atoms with Gasteiger partial charge in [0.25, 0.3) is 0 Å². The second-order valence-electron chi connectivity index (χ2n) is 5.66. The number of piperidine rings is 1. The Kier molecular flexibility index (Phi) is 4.59. The fourth-order valence-corrected chi connectivity index (χ4v) is 2.85. The number of amides is 1. The lowest BCUT2D eigenvalue weighted by Crippen LogP contribution is -2.43. The van der Waals surface area contributed by atoms with Gasteiger partial charge in [0.1, 0.15) is 0 Å². The molecule has 0 aromatic heterocycles. The number of aryl methyl sites for hydroxylation is 1. The minimum absolute atomic E-state index is 0.0823. The van der Waals surface area contributed by atoms with Crippen LogP contribution in [0.5, 0.6) is 0 Å². The van der Waals surface area contributed by atoms with E-state index in [9.17, 15) is 4.79 Å². The average Bonchev–Trinajstić information content (AvgIpc) is 2.39. The molecule has 1 fully saturated rings. The zero-order valence-corrected chi connectivity index (χ0v) is 12.1. The number of carbonyl (C=O) groups excluding carboxylic acids is 1. The Morgan fingerprint density at radius 3 is 2.84 bits per heavy atom. The van der Waals surface area contributed by atoms with Gasteiger partial charge >= 0.3 is 0 Å². The van der Waals surface area contributed by atoms with Gasteiger partial charge in [-0.2, -0.15) is 0 Å². The summed E-state index contributed by atoms with van der Waals surface area (Å²) in [6.07, 6.45) is 1.88. The van der Waals surface area contributed by atoms with Crippen molar-refractivity contribution >= 4 is 5.91 Å². The standard InChI is InChI=1S/C16H24N2O/c1-11-6-4-5-7-15(11)13(3)18-16(19)14-8-9-17-12(2)10-14/h4-7,12-14,17H,8-10H2,1-3H3,(H,18,19)/t12-,13?,14-/m0/s1. The summed E-state index contributed by atoms with van der Waals surface area (Å²) >= 11 is 0. The first-order valence-electron chi connectivity index (χ1n) is 7.17. The van der Waals surface area contributed by atoms with Crippen molar-refractivity contribution in [3.8, 4) is 0 Å². The SMILES string of the molecule is Cc1ccccc1C(C)NC(=O)[C@H]1CCN[C@@H](C)C1. The predicted octanol–water partition coefficient (Wildman–Crippen LogP) is 2.56.